The number of hydrogen-bond acceptors (Lipinski definition) is 5. The molecule has 0 saturated heterocycles. The van der Waals surface area contributed by atoms with Crippen molar-refractivity contribution >= 4 is 17.8 Å². The van der Waals surface area contributed by atoms with E-state index in [0.29, 0.717) is 11.1 Å². The number of benzene rings is 1. The van der Waals surface area contributed by atoms with Gasteiger partial charge in [0.25, 0.3) is 5.91 Å². The number of nitrogens with zero attached hydrogens (tertiary/aromatic N) is 1. The zero-order valence-electron chi connectivity index (χ0n) is 13.0. The Morgan fingerprint density at radius 2 is 1.91 bits per heavy atom. The van der Waals surface area contributed by atoms with Crippen molar-refractivity contribution < 1.29 is 19.1 Å². The van der Waals surface area contributed by atoms with Crippen LogP contribution in [0, 0.1) is 17.2 Å². The van der Waals surface area contributed by atoms with Crippen molar-refractivity contribution in [2.24, 2.45) is 11.7 Å². The first-order valence-corrected chi connectivity index (χ1v) is 7.16. The molecule has 1 aromatic rings. The fourth-order valence-electron chi connectivity index (χ4n) is 1.92. The molecule has 3 N–H and O–H groups in total. The van der Waals surface area contributed by atoms with Crippen molar-refractivity contribution in [2.75, 3.05) is 6.61 Å². The van der Waals surface area contributed by atoms with Crippen molar-refractivity contribution in [3.8, 4) is 6.07 Å². The molecule has 7 nitrogen and oxygen atoms in total. The van der Waals surface area contributed by atoms with Gasteiger partial charge < -0.3 is 15.8 Å². The lowest BCUT2D eigenvalue weighted by Crippen LogP contribution is -2.46. The molecule has 0 heterocycles. The van der Waals surface area contributed by atoms with E-state index in [0.717, 1.165) is 0 Å². The molecule has 0 aliphatic rings. The Hall–Kier alpha value is -2.88. The van der Waals surface area contributed by atoms with Crippen molar-refractivity contribution in [3.05, 3.63) is 35.4 Å². The maximum Gasteiger partial charge on any atom is 0.308 e. The van der Waals surface area contributed by atoms with Gasteiger partial charge in [0, 0.05) is 5.56 Å². The second-order valence-corrected chi connectivity index (χ2v) is 5.01. The maximum atomic E-state index is 12.1. The summed E-state index contributed by atoms with van der Waals surface area (Å²) in [7, 11) is 0. The van der Waals surface area contributed by atoms with Gasteiger partial charge in [0.2, 0.25) is 5.91 Å². The van der Waals surface area contributed by atoms with Crippen LogP contribution in [0.5, 0.6) is 0 Å². The molecule has 0 aliphatic carbocycles. The molecular formula is C16H19N3O4. The summed E-state index contributed by atoms with van der Waals surface area (Å²) in [5.74, 6) is -2.27. The summed E-state index contributed by atoms with van der Waals surface area (Å²) >= 11 is 0. The van der Waals surface area contributed by atoms with Crippen molar-refractivity contribution in [1.29, 1.82) is 5.26 Å². The molecule has 0 unspecified atom stereocenters. The minimum Gasteiger partial charge on any atom is -0.466 e. The normalized spacial score (nSPS) is 12.6. The SMILES string of the molecule is CCOC(=O)[C@@H](C)C[C@H](NC(=O)c1ccc(C#N)cc1)C(N)=O. The molecule has 1 aromatic carbocycles. The molecule has 122 valence electrons. The van der Waals surface area contributed by atoms with Crippen LogP contribution in [0.2, 0.25) is 0 Å². The van der Waals surface area contributed by atoms with Crippen LogP contribution < -0.4 is 11.1 Å². The Morgan fingerprint density at radius 3 is 2.39 bits per heavy atom. The predicted octanol–water partition coefficient (Wildman–Crippen LogP) is 0.731. The van der Waals surface area contributed by atoms with Crippen LogP contribution in [0.1, 0.15) is 36.2 Å². The predicted molar refractivity (Wildman–Crippen MR) is 82.0 cm³/mol. The molecule has 0 radical (unpaired) electrons. The second kappa shape index (κ2) is 8.54. The van der Waals surface area contributed by atoms with E-state index in [2.05, 4.69) is 5.32 Å². The van der Waals surface area contributed by atoms with Gasteiger partial charge in [-0.05, 0) is 37.6 Å². The molecule has 0 bridgehead atoms. The highest BCUT2D eigenvalue weighted by Crippen LogP contribution is 2.10. The Bertz CT molecular complexity index is 619. The van der Waals surface area contributed by atoms with Crippen molar-refractivity contribution in [1.82, 2.24) is 5.32 Å². The fourth-order valence-corrected chi connectivity index (χ4v) is 1.92. The van der Waals surface area contributed by atoms with Crippen LogP contribution in [0.15, 0.2) is 24.3 Å². The maximum absolute atomic E-state index is 12.1. The number of ether oxygens (including phenoxy) is 1. The van der Waals surface area contributed by atoms with Gasteiger partial charge in [-0.15, -0.1) is 0 Å². The van der Waals surface area contributed by atoms with Crippen LogP contribution >= 0.6 is 0 Å². The molecule has 1 rings (SSSR count). The van der Waals surface area contributed by atoms with Crippen molar-refractivity contribution in [2.45, 2.75) is 26.3 Å². The quantitative estimate of drug-likeness (QED) is 0.718. The first-order chi connectivity index (χ1) is 10.9. The lowest BCUT2D eigenvalue weighted by molar-refractivity contribution is -0.147. The van der Waals surface area contributed by atoms with Crippen LogP contribution in [-0.4, -0.2) is 30.4 Å². The summed E-state index contributed by atoms with van der Waals surface area (Å²) in [5.41, 5.74) is 5.99. The highest BCUT2D eigenvalue weighted by molar-refractivity contribution is 5.97. The van der Waals surface area contributed by atoms with Gasteiger partial charge in [-0.1, -0.05) is 6.92 Å². The average Bonchev–Trinajstić information content (AvgIpc) is 2.54. The molecule has 23 heavy (non-hydrogen) atoms. The number of hydrogen-bond donors (Lipinski definition) is 2. The lowest BCUT2D eigenvalue weighted by Gasteiger charge is -2.18. The molecule has 2 amide bonds. The van der Waals surface area contributed by atoms with E-state index >= 15 is 0 Å². The Labute approximate surface area is 134 Å². The van der Waals surface area contributed by atoms with Gasteiger partial charge in [0.15, 0.2) is 0 Å². The summed E-state index contributed by atoms with van der Waals surface area (Å²) in [6.45, 7) is 3.52. The number of carbonyl (C=O) groups excluding carboxylic acids is 3. The van der Waals surface area contributed by atoms with E-state index in [4.69, 9.17) is 15.7 Å². The lowest BCUT2D eigenvalue weighted by atomic mass is 10.0. The summed E-state index contributed by atoms with van der Waals surface area (Å²) in [6, 6.07) is 6.89. The zero-order valence-corrected chi connectivity index (χ0v) is 13.0. The number of rotatable bonds is 7. The number of carbonyl (C=O) groups is 3. The highest BCUT2D eigenvalue weighted by atomic mass is 16.5. The Balaban J connectivity index is 2.75. The molecule has 0 aromatic heterocycles. The smallest absolute Gasteiger partial charge is 0.308 e. The molecule has 0 fully saturated rings. The topological polar surface area (TPSA) is 122 Å². The van der Waals surface area contributed by atoms with Gasteiger partial charge in [0.1, 0.15) is 6.04 Å². The Morgan fingerprint density at radius 1 is 1.30 bits per heavy atom. The molecule has 2 atom stereocenters. The van der Waals surface area contributed by atoms with Crippen LogP contribution in [0.4, 0.5) is 0 Å². The number of nitriles is 1. The Kier molecular flexibility index (Phi) is 6.74. The third-order valence-corrected chi connectivity index (χ3v) is 3.20. The van der Waals surface area contributed by atoms with E-state index in [1.807, 2.05) is 6.07 Å². The highest BCUT2D eigenvalue weighted by Gasteiger charge is 2.25. The number of nitrogens with one attached hydrogen (secondary N) is 1. The standard InChI is InChI=1S/C16H19N3O4/c1-3-23-16(22)10(2)8-13(14(18)20)19-15(21)12-6-4-11(9-17)5-7-12/h4-7,10,13H,3,8H2,1-2H3,(H2,18,20)(H,19,21)/t10-,13-/m0/s1. The third-order valence-electron chi connectivity index (χ3n) is 3.20. The van der Waals surface area contributed by atoms with E-state index in [-0.39, 0.29) is 13.0 Å². The molecule has 0 spiro atoms. The first kappa shape index (κ1) is 18.2. The van der Waals surface area contributed by atoms with Crippen LogP contribution in [0.25, 0.3) is 0 Å². The third kappa shape index (κ3) is 5.43. The van der Waals surface area contributed by atoms with Gasteiger partial charge in [0.05, 0.1) is 24.2 Å². The monoisotopic (exact) mass is 317 g/mol. The minimum atomic E-state index is -0.988. The summed E-state index contributed by atoms with van der Waals surface area (Å²) in [4.78, 5) is 35.2. The fraction of sp³-hybridized carbons (Fsp3) is 0.375. The van der Waals surface area contributed by atoms with Gasteiger partial charge in [-0.2, -0.15) is 5.26 Å². The molecular weight excluding hydrogens is 298 g/mol. The van der Waals surface area contributed by atoms with Crippen LogP contribution in [0.3, 0.4) is 0 Å². The molecule has 7 heteroatoms. The van der Waals surface area contributed by atoms with Crippen LogP contribution in [-0.2, 0) is 14.3 Å². The van der Waals surface area contributed by atoms with Gasteiger partial charge in [-0.3, -0.25) is 14.4 Å². The molecule has 0 saturated carbocycles. The van der Waals surface area contributed by atoms with E-state index in [9.17, 15) is 14.4 Å². The number of primary amides is 1. The summed E-state index contributed by atoms with van der Waals surface area (Å²) in [5, 5.41) is 11.2. The number of amides is 2. The van der Waals surface area contributed by atoms with E-state index in [1.165, 1.54) is 24.3 Å². The second-order valence-electron chi connectivity index (χ2n) is 5.01. The average molecular weight is 317 g/mol. The number of esters is 1. The van der Waals surface area contributed by atoms with Gasteiger partial charge in [-0.25, -0.2) is 0 Å². The van der Waals surface area contributed by atoms with E-state index in [1.54, 1.807) is 13.8 Å². The molecule has 0 aliphatic heterocycles. The largest absolute Gasteiger partial charge is 0.466 e. The van der Waals surface area contributed by atoms with E-state index < -0.39 is 29.7 Å². The summed E-state index contributed by atoms with van der Waals surface area (Å²) < 4.78 is 4.87. The summed E-state index contributed by atoms with van der Waals surface area (Å²) in [6.07, 6.45) is 0.0518. The van der Waals surface area contributed by atoms with Crippen molar-refractivity contribution in [3.63, 3.8) is 0 Å². The first-order valence-electron chi connectivity index (χ1n) is 7.16. The zero-order chi connectivity index (χ0) is 17.4. The number of nitrogens with two attached hydrogens (primary N) is 1. The van der Waals surface area contributed by atoms with Gasteiger partial charge >= 0.3 is 5.97 Å². The minimum absolute atomic E-state index is 0.0518.